The fraction of sp³-hybridized carbons (Fsp3) is 0.733. The van der Waals surface area contributed by atoms with Crippen LogP contribution in [0.5, 0.6) is 0 Å². The molecule has 3 aliphatic rings. The number of rotatable bonds is 2. The Balaban J connectivity index is 1.76. The van der Waals surface area contributed by atoms with Gasteiger partial charge >= 0.3 is 0 Å². The molecule has 2 heterocycles. The zero-order valence-electron chi connectivity index (χ0n) is 11.4. The van der Waals surface area contributed by atoms with E-state index in [0.717, 1.165) is 38.2 Å². The molecule has 4 rings (SSSR count). The van der Waals surface area contributed by atoms with Crippen molar-refractivity contribution < 1.29 is 0 Å². The molecule has 1 saturated carbocycles. The third-order valence-electron chi connectivity index (χ3n) is 4.65. The van der Waals surface area contributed by atoms with Crippen molar-refractivity contribution in [1.82, 2.24) is 9.97 Å². The van der Waals surface area contributed by atoms with Crippen LogP contribution in [0, 0.1) is 0 Å². The molecular formula is C15H22N4. The van der Waals surface area contributed by atoms with E-state index in [1.165, 1.54) is 42.8 Å². The average molecular weight is 258 g/mol. The Morgan fingerprint density at radius 3 is 2.63 bits per heavy atom. The van der Waals surface area contributed by atoms with Crippen molar-refractivity contribution in [1.29, 1.82) is 0 Å². The predicted octanol–water partition coefficient (Wildman–Crippen LogP) is 1.77. The molecule has 1 aromatic rings. The highest BCUT2D eigenvalue weighted by atomic mass is 15.2. The standard InChI is InChI=1S/C15H22N4/c16-11-7-8-19(9-11)15-12-3-1-2-4-13(12)17-14(18-15)10-5-6-10/h10-11H,1-9,16H2. The average Bonchev–Trinajstić information content (AvgIpc) is 3.20. The fourth-order valence-corrected chi connectivity index (χ4v) is 3.36. The molecule has 2 aliphatic carbocycles. The summed E-state index contributed by atoms with van der Waals surface area (Å²) in [5, 5.41) is 0. The molecule has 102 valence electrons. The van der Waals surface area contributed by atoms with Crippen LogP contribution in [0.25, 0.3) is 0 Å². The lowest BCUT2D eigenvalue weighted by Crippen LogP contribution is -2.29. The third-order valence-corrected chi connectivity index (χ3v) is 4.65. The first kappa shape index (κ1) is 11.6. The van der Waals surface area contributed by atoms with Gasteiger partial charge in [-0.3, -0.25) is 0 Å². The molecule has 19 heavy (non-hydrogen) atoms. The smallest absolute Gasteiger partial charge is 0.135 e. The highest BCUT2D eigenvalue weighted by molar-refractivity contribution is 5.51. The number of hydrogen-bond acceptors (Lipinski definition) is 4. The van der Waals surface area contributed by atoms with E-state index in [2.05, 4.69) is 4.90 Å². The molecule has 2 fully saturated rings. The molecule has 1 atom stereocenters. The molecule has 0 spiro atoms. The van der Waals surface area contributed by atoms with Gasteiger partial charge < -0.3 is 10.6 Å². The van der Waals surface area contributed by atoms with Crippen molar-refractivity contribution in [3.63, 3.8) is 0 Å². The molecule has 2 N–H and O–H groups in total. The molecule has 0 radical (unpaired) electrons. The van der Waals surface area contributed by atoms with E-state index in [1.54, 1.807) is 0 Å². The van der Waals surface area contributed by atoms with Crippen LogP contribution in [-0.2, 0) is 12.8 Å². The minimum atomic E-state index is 0.318. The van der Waals surface area contributed by atoms with Crippen LogP contribution in [-0.4, -0.2) is 29.1 Å². The molecule has 1 unspecified atom stereocenters. The van der Waals surface area contributed by atoms with E-state index in [4.69, 9.17) is 15.7 Å². The number of aromatic nitrogens is 2. The lowest BCUT2D eigenvalue weighted by atomic mass is 9.96. The van der Waals surface area contributed by atoms with Gasteiger partial charge in [0.1, 0.15) is 11.6 Å². The van der Waals surface area contributed by atoms with E-state index in [1.807, 2.05) is 0 Å². The van der Waals surface area contributed by atoms with Crippen LogP contribution in [0.4, 0.5) is 5.82 Å². The van der Waals surface area contributed by atoms with Gasteiger partial charge in [0, 0.05) is 36.3 Å². The Labute approximate surface area is 114 Å². The second-order valence-corrected chi connectivity index (χ2v) is 6.31. The van der Waals surface area contributed by atoms with Crippen molar-refractivity contribution in [2.75, 3.05) is 18.0 Å². The molecule has 1 aliphatic heterocycles. The Bertz CT molecular complexity index is 495. The SMILES string of the molecule is NC1CCN(c2nc(C3CC3)nc3c2CCCC3)C1. The summed E-state index contributed by atoms with van der Waals surface area (Å²) in [5.41, 5.74) is 8.82. The number of anilines is 1. The van der Waals surface area contributed by atoms with Crippen LogP contribution in [0.15, 0.2) is 0 Å². The molecule has 1 aromatic heterocycles. The summed E-state index contributed by atoms with van der Waals surface area (Å²) in [5.74, 6) is 2.97. The van der Waals surface area contributed by atoms with Crippen LogP contribution in [0.1, 0.15) is 55.1 Å². The van der Waals surface area contributed by atoms with E-state index < -0.39 is 0 Å². The van der Waals surface area contributed by atoms with E-state index >= 15 is 0 Å². The highest BCUT2D eigenvalue weighted by Gasteiger charge is 2.31. The molecule has 4 heteroatoms. The van der Waals surface area contributed by atoms with Gasteiger partial charge in [0.05, 0.1) is 0 Å². The number of aryl methyl sites for hydroxylation is 1. The maximum absolute atomic E-state index is 6.06. The lowest BCUT2D eigenvalue weighted by Gasteiger charge is -2.25. The maximum atomic E-state index is 6.06. The molecular weight excluding hydrogens is 236 g/mol. The van der Waals surface area contributed by atoms with Crippen molar-refractivity contribution in [2.24, 2.45) is 5.73 Å². The quantitative estimate of drug-likeness (QED) is 0.878. The first-order valence-electron chi connectivity index (χ1n) is 7.71. The Morgan fingerprint density at radius 1 is 1.05 bits per heavy atom. The third kappa shape index (κ3) is 2.12. The number of hydrogen-bond donors (Lipinski definition) is 1. The summed E-state index contributed by atoms with van der Waals surface area (Å²) in [6, 6.07) is 0.318. The van der Waals surface area contributed by atoms with Crippen LogP contribution in [0.2, 0.25) is 0 Å². The summed E-state index contributed by atoms with van der Waals surface area (Å²) in [6.45, 7) is 2.03. The van der Waals surface area contributed by atoms with Crippen molar-refractivity contribution in [2.45, 2.75) is 56.9 Å². The molecule has 0 bridgehead atoms. The highest BCUT2D eigenvalue weighted by Crippen LogP contribution is 2.40. The summed E-state index contributed by atoms with van der Waals surface area (Å²) in [6.07, 6.45) is 8.51. The maximum Gasteiger partial charge on any atom is 0.135 e. The van der Waals surface area contributed by atoms with E-state index in [9.17, 15) is 0 Å². The van der Waals surface area contributed by atoms with Gasteiger partial charge in [-0.25, -0.2) is 9.97 Å². The van der Waals surface area contributed by atoms with Crippen LogP contribution in [0.3, 0.4) is 0 Å². The van der Waals surface area contributed by atoms with E-state index in [-0.39, 0.29) is 0 Å². The van der Waals surface area contributed by atoms with Gasteiger partial charge in [0.25, 0.3) is 0 Å². The normalized spacial score (nSPS) is 26.6. The molecule has 1 saturated heterocycles. The summed E-state index contributed by atoms with van der Waals surface area (Å²) in [7, 11) is 0. The van der Waals surface area contributed by atoms with Crippen molar-refractivity contribution in [3.05, 3.63) is 17.1 Å². The second-order valence-electron chi connectivity index (χ2n) is 6.31. The second kappa shape index (κ2) is 4.44. The monoisotopic (exact) mass is 258 g/mol. The Kier molecular flexibility index (Phi) is 2.72. The topological polar surface area (TPSA) is 55.0 Å². The zero-order chi connectivity index (χ0) is 12.8. The van der Waals surface area contributed by atoms with Gasteiger partial charge in [-0.15, -0.1) is 0 Å². The number of nitrogens with two attached hydrogens (primary N) is 1. The summed E-state index contributed by atoms with van der Waals surface area (Å²) in [4.78, 5) is 12.2. The van der Waals surface area contributed by atoms with Gasteiger partial charge in [-0.1, -0.05) is 0 Å². The van der Waals surface area contributed by atoms with Gasteiger partial charge in [0.2, 0.25) is 0 Å². The molecule has 4 nitrogen and oxygen atoms in total. The van der Waals surface area contributed by atoms with Crippen LogP contribution < -0.4 is 10.6 Å². The first-order valence-corrected chi connectivity index (χ1v) is 7.71. The largest absolute Gasteiger partial charge is 0.355 e. The summed E-state index contributed by atoms with van der Waals surface area (Å²) >= 11 is 0. The molecule has 0 amide bonds. The lowest BCUT2D eigenvalue weighted by molar-refractivity contribution is 0.649. The summed E-state index contributed by atoms with van der Waals surface area (Å²) < 4.78 is 0. The Hall–Kier alpha value is -1.16. The number of nitrogens with zero attached hydrogens (tertiary/aromatic N) is 3. The minimum Gasteiger partial charge on any atom is -0.355 e. The fourth-order valence-electron chi connectivity index (χ4n) is 3.36. The minimum absolute atomic E-state index is 0.318. The van der Waals surface area contributed by atoms with E-state index in [0.29, 0.717) is 12.0 Å². The number of fused-ring (bicyclic) bond motifs is 1. The van der Waals surface area contributed by atoms with Gasteiger partial charge in [-0.2, -0.15) is 0 Å². The van der Waals surface area contributed by atoms with Gasteiger partial charge in [-0.05, 0) is 44.9 Å². The molecule has 0 aromatic carbocycles. The van der Waals surface area contributed by atoms with Crippen molar-refractivity contribution in [3.8, 4) is 0 Å². The predicted molar refractivity (Wildman–Crippen MR) is 75.5 cm³/mol. The Morgan fingerprint density at radius 2 is 1.89 bits per heavy atom. The first-order chi connectivity index (χ1) is 9.31. The van der Waals surface area contributed by atoms with Gasteiger partial charge in [0.15, 0.2) is 0 Å². The van der Waals surface area contributed by atoms with Crippen molar-refractivity contribution >= 4 is 5.82 Å². The van der Waals surface area contributed by atoms with Crippen LogP contribution >= 0.6 is 0 Å². The zero-order valence-corrected chi connectivity index (χ0v) is 11.4.